The summed E-state index contributed by atoms with van der Waals surface area (Å²) in [5, 5.41) is 9.52. The molecule has 3 nitrogen and oxygen atoms in total. The molecule has 0 aliphatic carbocycles. The third-order valence-electron chi connectivity index (χ3n) is 4.46. The Morgan fingerprint density at radius 3 is 2.48 bits per heavy atom. The minimum atomic E-state index is -0.398. The molecule has 27 heavy (non-hydrogen) atoms. The van der Waals surface area contributed by atoms with E-state index in [1.807, 2.05) is 51.1 Å². The Morgan fingerprint density at radius 2 is 1.85 bits per heavy atom. The molecule has 3 aromatic rings. The standard InChI is InChI=1S/C23H21FN2O/c1-4-27-21-11-9-20(10-12-21)26-16(2)13-18(17(26)3)14-19(15-25)22-7-5-6-8-23(22)24/h5-14H,4H2,1-3H3/b19-14-. The molecule has 3 rings (SSSR count). The molecule has 1 heterocycles. The average Bonchev–Trinajstić information content (AvgIpc) is 2.95. The quantitative estimate of drug-likeness (QED) is 0.548. The molecule has 0 bridgehead atoms. The minimum Gasteiger partial charge on any atom is -0.494 e. The van der Waals surface area contributed by atoms with Crippen molar-refractivity contribution in [2.45, 2.75) is 20.8 Å². The summed E-state index contributed by atoms with van der Waals surface area (Å²) in [6.45, 7) is 6.58. The van der Waals surface area contributed by atoms with E-state index in [9.17, 15) is 9.65 Å². The number of hydrogen-bond acceptors (Lipinski definition) is 2. The average molecular weight is 360 g/mol. The van der Waals surface area contributed by atoms with Crippen molar-refractivity contribution in [1.82, 2.24) is 4.57 Å². The maximum Gasteiger partial charge on any atom is 0.131 e. The van der Waals surface area contributed by atoms with Crippen molar-refractivity contribution >= 4 is 11.6 Å². The number of ether oxygens (including phenoxy) is 1. The lowest BCUT2D eigenvalue weighted by atomic mass is 10.0. The summed E-state index contributed by atoms with van der Waals surface area (Å²) >= 11 is 0. The van der Waals surface area contributed by atoms with Crippen molar-refractivity contribution in [2.75, 3.05) is 6.61 Å². The Labute approximate surface area is 159 Å². The van der Waals surface area contributed by atoms with Crippen LogP contribution >= 0.6 is 0 Å². The largest absolute Gasteiger partial charge is 0.494 e. The number of benzene rings is 2. The predicted octanol–water partition coefficient (Wildman–Crippen LogP) is 5.70. The highest BCUT2D eigenvalue weighted by Crippen LogP contribution is 2.27. The first kappa shape index (κ1) is 18.5. The second-order valence-electron chi connectivity index (χ2n) is 6.24. The van der Waals surface area contributed by atoms with E-state index in [1.54, 1.807) is 24.3 Å². The van der Waals surface area contributed by atoms with Crippen LogP contribution in [0.15, 0.2) is 54.6 Å². The number of aryl methyl sites for hydroxylation is 1. The van der Waals surface area contributed by atoms with Gasteiger partial charge in [0.25, 0.3) is 0 Å². The fourth-order valence-electron chi connectivity index (χ4n) is 3.19. The number of allylic oxidation sites excluding steroid dienone is 1. The van der Waals surface area contributed by atoms with Gasteiger partial charge >= 0.3 is 0 Å². The van der Waals surface area contributed by atoms with Gasteiger partial charge in [-0.2, -0.15) is 5.26 Å². The lowest BCUT2D eigenvalue weighted by molar-refractivity contribution is 0.340. The third-order valence-corrected chi connectivity index (χ3v) is 4.46. The van der Waals surface area contributed by atoms with Gasteiger partial charge in [0.1, 0.15) is 11.6 Å². The molecule has 0 fully saturated rings. The zero-order chi connectivity index (χ0) is 19.4. The van der Waals surface area contributed by atoms with E-state index in [0.29, 0.717) is 17.7 Å². The molecular weight excluding hydrogens is 339 g/mol. The topological polar surface area (TPSA) is 38.0 Å². The molecule has 2 aromatic carbocycles. The van der Waals surface area contributed by atoms with Crippen LogP contribution in [0.5, 0.6) is 5.75 Å². The van der Waals surface area contributed by atoms with Crippen molar-refractivity contribution < 1.29 is 9.13 Å². The fraction of sp³-hybridized carbons (Fsp3) is 0.174. The second kappa shape index (κ2) is 7.92. The lowest BCUT2D eigenvalue weighted by Gasteiger charge is -2.11. The number of nitrogens with zero attached hydrogens (tertiary/aromatic N) is 2. The van der Waals surface area contributed by atoms with Gasteiger partial charge in [-0.25, -0.2) is 4.39 Å². The van der Waals surface area contributed by atoms with E-state index in [0.717, 1.165) is 28.4 Å². The van der Waals surface area contributed by atoms with Crippen LogP contribution < -0.4 is 4.74 Å². The van der Waals surface area contributed by atoms with Gasteiger partial charge in [0, 0.05) is 22.6 Å². The molecule has 0 aliphatic rings. The van der Waals surface area contributed by atoms with Gasteiger partial charge < -0.3 is 9.30 Å². The van der Waals surface area contributed by atoms with Crippen molar-refractivity contribution in [3.63, 3.8) is 0 Å². The highest BCUT2D eigenvalue weighted by molar-refractivity contribution is 5.90. The third kappa shape index (κ3) is 3.78. The van der Waals surface area contributed by atoms with Crippen LogP contribution in [0.4, 0.5) is 4.39 Å². The van der Waals surface area contributed by atoms with Crippen molar-refractivity contribution in [2.24, 2.45) is 0 Å². The molecule has 0 saturated carbocycles. The number of nitriles is 1. The summed E-state index contributed by atoms with van der Waals surface area (Å²) < 4.78 is 21.7. The summed E-state index contributed by atoms with van der Waals surface area (Å²) in [6, 6.07) is 18.3. The van der Waals surface area contributed by atoms with Crippen LogP contribution in [-0.2, 0) is 0 Å². The molecule has 0 amide bonds. The number of aromatic nitrogens is 1. The molecule has 0 unspecified atom stereocenters. The van der Waals surface area contributed by atoms with Crippen molar-refractivity contribution in [3.05, 3.63) is 82.9 Å². The zero-order valence-electron chi connectivity index (χ0n) is 15.7. The number of halogens is 1. The second-order valence-corrected chi connectivity index (χ2v) is 6.24. The molecule has 1 aromatic heterocycles. The molecule has 0 spiro atoms. The summed E-state index contributed by atoms with van der Waals surface area (Å²) in [4.78, 5) is 0. The minimum absolute atomic E-state index is 0.306. The first-order valence-corrected chi connectivity index (χ1v) is 8.84. The monoisotopic (exact) mass is 360 g/mol. The van der Waals surface area contributed by atoms with Crippen LogP contribution in [0.25, 0.3) is 17.3 Å². The summed E-state index contributed by atoms with van der Waals surface area (Å²) in [7, 11) is 0. The highest BCUT2D eigenvalue weighted by Gasteiger charge is 2.12. The Morgan fingerprint density at radius 1 is 1.15 bits per heavy atom. The van der Waals surface area contributed by atoms with E-state index in [1.165, 1.54) is 6.07 Å². The van der Waals surface area contributed by atoms with Gasteiger partial charge in [-0.15, -0.1) is 0 Å². The Balaban J connectivity index is 2.03. The van der Waals surface area contributed by atoms with Crippen molar-refractivity contribution in [3.8, 4) is 17.5 Å². The van der Waals surface area contributed by atoms with Crippen LogP contribution in [0, 0.1) is 31.0 Å². The lowest BCUT2D eigenvalue weighted by Crippen LogP contribution is -1.99. The molecular formula is C23H21FN2O. The molecule has 0 N–H and O–H groups in total. The fourth-order valence-corrected chi connectivity index (χ4v) is 3.19. The molecule has 0 radical (unpaired) electrons. The maximum atomic E-state index is 14.1. The molecule has 0 aliphatic heterocycles. The van der Waals surface area contributed by atoms with Gasteiger partial charge in [0.05, 0.1) is 18.2 Å². The van der Waals surface area contributed by atoms with Crippen LogP contribution in [-0.4, -0.2) is 11.2 Å². The van der Waals surface area contributed by atoms with Crippen LogP contribution in [0.3, 0.4) is 0 Å². The summed E-state index contributed by atoms with van der Waals surface area (Å²) in [5.41, 5.74) is 4.54. The SMILES string of the molecule is CCOc1ccc(-n2c(C)cc(/C=C(/C#N)c3ccccc3F)c2C)cc1. The highest BCUT2D eigenvalue weighted by atomic mass is 19.1. The normalized spacial score (nSPS) is 11.3. The van der Waals surface area contributed by atoms with Gasteiger partial charge in [0.2, 0.25) is 0 Å². The maximum absolute atomic E-state index is 14.1. The molecule has 0 saturated heterocycles. The van der Waals surface area contributed by atoms with Gasteiger partial charge in [-0.05, 0) is 68.8 Å². The van der Waals surface area contributed by atoms with Gasteiger partial charge in [-0.1, -0.05) is 18.2 Å². The van der Waals surface area contributed by atoms with Crippen molar-refractivity contribution in [1.29, 1.82) is 5.26 Å². The molecule has 4 heteroatoms. The number of hydrogen-bond donors (Lipinski definition) is 0. The summed E-state index contributed by atoms with van der Waals surface area (Å²) in [6.07, 6.45) is 1.74. The van der Waals surface area contributed by atoms with Crippen LogP contribution in [0.1, 0.15) is 29.4 Å². The van der Waals surface area contributed by atoms with E-state index >= 15 is 0 Å². The summed E-state index contributed by atoms with van der Waals surface area (Å²) in [5.74, 6) is 0.431. The van der Waals surface area contributed by atoms with E-state index in [-0.39, 0.29) is 0 Å². The smallest absolute Gasteiger partial charge is 0.131 e. The van der Waals surface area contributed by atoms with E-state index in [2.05, 4.69) is 10.6 Å². The first-order chi connectivity index (χ1) is 13.0. The van der Waals surface area contributed by atoms with Gasteiger partial charge in [0.15, 0.2) is 0 Å². The molecule has 136 valence electrons. The molecule has 0 atom stereocenters. The number of rotatable bonds is 5. The first-order valence-electron chi connectivity index (χ1n) is 8.84. The Bertz CT molecular complexity index is 1020. The Kier molecular flexibility index (Phi) is 5.42. The zero-order valence-corrected chi connectivity index (χ0v) is 15.7. The van der Waals surface area contributed by atoms with Crippen LogP contribution in [0.2, 0.25) is 0 Å². The Hall–Kier alpha value is -3.32. The van der Waals surface area contributed by atoms with Gasteiger partial charge in [-0.3, -0.25) is 0 Å². The van der Waals surface area contributed by atoms with E-state index < -0.39 is 5.82 Å². The van der Waals surface area contributed by atoms with E-state index in [4.69, 9.17) is 4.74 Å². The predicted molar refractivity (Wildman–Crippen MR) is 106 cm³/mol.